The van der Waals surface area contributed by atoms with Crippen molar-refractivity contribution in [3.63, 3.8) is 0 Å². The molecule has 2 heterocycles. The number of rotatable bonds is 1. The molecule has 2 rings (SSSR count). The normalized spacial score (nSPS) is 33.9. The number of nitrogens with two attached hydrogens (primary N) is 1. The Balaban J connectivity index is 2.04. The van der Waals surface area contributed by atoms with Crippen molar-refractivity contribution in [2.75, 3.05) is 19.6 Å². The summed E-state index contributed by atoms with van der Waals surface area (Å²) in [6, 6.07) is 0.544. The van der Waals surface area contributed by atoms with Crippen molar-refractivity contribution < 1.29 is 4.79 Å². The molecule has 3 atom stereocenters. The summed E-state index contributed by atoms with van der Waals surface area (Å²) >= 11 is 0. The lowest BCUT2D eigenvalue weighted by molar-refractivity contribution is -0.137. The van der Waals surface area contributed by atoms with Gasteiger partial charge in [-0.3, -0.25) is 9.69 Å². The van der Waals surface area contributed by atoms with Gasteiger partial charge in [-0.25, -0.2) is 0 Å². The Morgan fingerprint density at radius 2 is 2.20 bits per heavy atom. The van der Waals surface area contributed by atoms with Gasteiger partial charge in [-0.1, -0.05) is 0 Å². The highest BCUT2D eigenvalue weighted by Crippen LogP contribution is 2.24. The Morgan fingerprint density at radius 1 is 1.47 bits per heavy atom. The molecule has 2 fully saturated rings. The van der Waals surface area contributed by atoms with Crippen LogP contribution in [0.3, 0.4) is 0 Å². The Kier molecular flexibility index (Phi) is 2.98. The van der Waals surface area contributed by atoms with Crippen molar-refractivity contribution in [1.29, 1.82) is 0 Å². The van der Waals surface area contributed by atoms with Crippen molar-refractivity contribution in [3.8, 4) is 0 Å². The van der Waals surface area contributed by atoms with E-state index in [2.05, 4.69) is 11.8 Å². The molecular weight excluding hydrogens is 190 g/mol. The van der Waals surface area contributed by atoms with E-state index < -0.39 is 0 Å². The molecule has 2 unspecified atom stereocenters. The smallest absolute Gasteiger partial charge is 0.239 e. The predicted octanol–water partition coefficient (Wildman–Crippen LogP) is 0.0287. The fourth-order valence-electron chi connectivity index (χ4n) is 2.76. The third kappa shape index (κ3) is 2.01. The van der Waals surface area contributed by atoms with Gasteiger partial charge in [-0.15, -0.1) is 0 Å². The molecule has 2 saturated heterocycles. The number of nitrogens with zero attached hydrogens (tertiary/aromatic N) is 2. The molecule has 0 aromatic heterocycles. The molecule has 2 N–H and O–H groups in total. The van der Waals surface area contributed by atoms with Crippen molar-refractivity contribution in [3.05, 3.63) is 0 Å². The first-order valence-corrected chi connectivity index (χ1v) is 5.89. The summed E-state index contributed by atoms with van der Waals surface area (Å²) in [4.78, 5) is 16.4. The zero-order chi connectivity index (χ0) is 11.0. The molecule has 2 aliphatic rings. The number of amides is 1. The van der Waals surface area contributed by atoms with Crippen LogP contribution in [0.25, 0.3) is 0 Å². The standard InChI is InChI=1S/C11H21N3O/c1-8-6-13-5-3-4-10(13)7-14(8)11(15)9(2)12/h8-10H,3-7,12H2,1-2H3/t8?,9-,10?/m1/s1. The molecule has 0 bridgehead atoms. The first kappa shape index (κ1) is 10.9. The van der Waals surface area contributed by atoms with Crippen molar-refractivity contribution in [1.82, 2.24) is 9.80 Å². The molecule has 15 heavy (non-hydrogen) atoms. The highest BCUT2D eigenvalue weighted by atomic mass is 16.2. The summed E-state index contributed by atoms with van der Waals surface area (Å²) in [6.07, 6.45) is 2.51. The zero-order valence-corrected chi connectivity index (χ0v) is 9.65. The van der Waals surface area contributed by atoms with Gasteiger partial charge in [0.1, 0.15) is 0 Å². The lowest BCUT2D eigenvalue weighted by Gasteiger charge is -2.42. The van der Waals surface area contributed by atoms with Gasteiger partial charge in [0.25, 0.3) is 0 Å². The summed E-state index contributed by atoms with van der Waals surface area (Å²) in [6.45, 7) is 6.99. The molecule has 0 aliphatic carbocycles. The topological polar surface area (TPSA) is 49.6 Å². The van der Waals surface area contributed by atoms with Crippen LogP contribution in [0.2, 0.25) is 0 Å². The number of hydrogen-bond donors (Lipinski definition) is 1. The van der Waals surface area contributed by atoms with Gasteiger partial charge < -0.3 is 10.6 Å². The monoisotopic (exact) mass is 211 g/mol. The molecule has 4 nitrogen and oxygen atoms in total. The number of hydrogen-bond acceptors (Lipinski definition) is 3. The SMILES string of the molecule is CC1CN2CCCC2CN1C(=O)[C@@H](C)N. The molecular formula is C11H21N3O. The Hall–Kier alpha value is -0.610. The number of carbonyl (C=O) groups is 1. The fourth-order valence-corrected chi connectivity index (χ4v) is 2.76. The molecule has 86 valence electrons. The van der Waals surface area contributed by atoms with Gasteiger partial charge >= 0.3 is 0 Å². The van der Waals surface area contributed by atoms with Crippen LogP contribution < -0.4 is 5.73 Å². The van der Waals surface area contributed by atoms with E-state index >= 15 is 0 Å². The minimum Gasteiger partial charge on any atom is -0.336 e. The van der Waals surface area contributed by atoms with Crippen LogP contribution in [-0.4, -0.2) is 53.5 Å². The van der Waals surface area contributed by atoms with E-state index in [4.69, 9.17) is 5.73 Å². The average molecular weight is 211 g/mol. The highest BCUT2D eigenvalue weighted by molar-refractivity contribution is 5.81. The third-order valence-corrected chi connectivity index (χ3v) is 3.61. The second-order valence-corrected chi connectivity index (χ2v) is 4.92. The zero-order valence-electron chi connectivity index (χ0n) is 9.65. The Morgan fingerprint density at radius 3 is 2.87 bits per heavy atom. The van der Waals surface area contributed by atoms with Gasteiger partial charge in [-0.05, 0) is 33.2 Å². The van der Waals surface area contributed by atoms with Gasteiger partial charge in [0.15, 0.2) is 0 Å². The van der Waals surface area contributed by atoms with Crippen molar-refractivity contribution in [2.45, 2.75) is 44.8 Å². The summed E-state index contributed by atoms with van der Waals surface area (Å²) in [5, 5.41) is 0. The molecule has 2 aliphatic heterocycles. The number of fused-ring (bicyclic) bond motifs is 1. The van der Waals surface area contributed by atoms with Crippen LogP contribution in [0, 0.1) is 0 Å². The first-order valence-electron chi connectivity index (χ1n) is 5.89. The number of carbonyl (C=O) groups excluding carboxylic acids is 1. The lowest BCUT2D eigenvalue weighted by atomic mass is 10.1. The predicted molar refractivity (Wildman–Crippen MR) is 59.4 cm³/mol. The van der Waals surface area contributed by atoms with E-state index in [-0.39, 0.29) is 11.9 Å². The maximum Gasteiger partial charge on any atom is 0.239 e. The average Bonchev–Trinajstić information content (AvgIpc) is 2.62. The minimum absolute atomic E-state index is 0.106. The second-order valence-electron chi connectivity index (χ2n) is 4.92. The number of piperazine rings is 1. The van der Waals surface area contributed by atoms with Crippen LogP contribution in [0.1, 0.15) is 26.7 Å². The fraction of sp³-hybridized carbons (Fsp3) is 0.909. The summed E-state index contributed by atoms with van der Waals surface area (Å²) in [5.41, 5.74) is 5.66. The Labute approximate surface area is 91.4 Å². The van der Waals surface area contributed by atoms with Crippen LogP contribution in [0.5, 0.6) is 0 Å². The largest absolute Gasteiger partial charge is 0.336 e. The summed E-state index contributed by atoms with van der Waals surface area (Å²) < 4.78 is 0. The van der Waals surface area contributed by atoms with Gasteiger partial charge in [0.2, 0.25) is 5.91 Å². The second kappa shape index (κ2) is 4.10. The molecule has 0 aromatic rings. The van der Waals surface area contributed by atoms with Gasteiger partial charge in [-0.2, -0.15) is 0 Å². The van der Waals surface area contributed by atoms with E-state index in [1.807, 2.05) is 4.90 Å². The quantitative estimate of drug-likeness (QED) is 0.665. The molecule has 0 saturated carbocycles. The van der Waals surface area contributed by atoms with Gasteiger partial charge in [0.05, 0.1) is 6.04 Å². The maximum absolute atomic E-state index is 11.9. The van der Waals surface area contributed by atoms with E-state index in [1.54, 1.807) is 6.92 Å². The highest BCUT2D eigenvalue weighted by Gasteiger charge is 2.36. The summed E-state index contributed by atoms with van der Waals surface area (Å²) in [7, 11) is 0. The molecule has 1 amide bonds. The third-order valence-electron chi connectivity index (χ3n) is 3.61. The van der Waals surface area contributed by atoms with Crippen LogP contribution >= 0.6 is 0 Å². The van der Waals surface area contributed by atoms with Crippen molar-refractivity contribution >= 4 is 5.91 Å². The first-order chi connectivity index (χ1) is 7.09. The molecule has 0 radical (unpaired) electrons. The Bertz CT molecular complexity index is 254. The van der Waals surface area contributed by atoms with E-state index in [9.17, 15) is 4.79 Å². The maximum atomic E-state index is 11.9. The van der Waals surface area contributed by atoms with Crippen molar-refractivity contribution in [2.24, 2.45) is 5.73 Å². The van der Waals surface area contributed by atoms with Crippen LogP contribution in [0.4, 0.5) is 0 Å². The molecule has 4 heteroatoms. The molecule has 0 aromatic carbocycles. The van der Waals surface area contributed by atoms with E-state index in [0.29, 0.717) is 12.1 Å². The molecule has 0 spiro atoms. The van der Waals surface area contributed by atoms with E-state index in [0.717, 1.165) is 13.1 Å². The van der Waals surface area contributed by atoms with Crippen LogP contribution in [-0.2, 0) is 4.79 Å². The van der Waals surface area contributed by atoms with E-state index in [1.165, 1.54) is 19.4 Å². The minimum atomic E-state index is -0.361. The summed E-state index contributed by atoms with van der Waals surface area (Å²) in [5.74, 6) is 0.106. The lowest BCUT2D eigenvalue weighted by Crippen LogP contribution is -2.59. The van der Waals surface area contributed by atoms with Gasteiger partial charge in [0, 0.05) is 25.2 Å². The van der Waals surface area contributed by atoms with Crippen LogP contribution in [0.15, 0.2) is 0 Å².